The van der Waals surface area contributed by atoms with E-state index in [-0.39, 0.29) is 30.3 Å². The van der Waals surface area contributed by atoms with Crippen molar-refractivity contribution in [3.05, 3.63) is 0 Å². The van der Waals surface area contributed by atoms with Gasteiger partial charge in [-0.25, -0.2) is 8.42 Å². The van der Waals surface area contributed by atoms with Crippen molar-refractivity contribution >= 4 is 21.7 Å². The van der Waals surface area contributed by atoms with E-state index in [2.05, 4.69) is 4.74 Å². The molecule has 0 saturated carbocycles. The Morgan fingerprint density at radius 3 is 2.28 bits per heavy atom. The van der Waals surface area contributed by atoms with E-state index in [0.29, 0.717) is 13.1 Å². The van der Waals surface area contributed by atoms with Gasteiger partial charge >= 0.3 is 5.97 Å². The molecule has 2 N–H and O–H groups in total. The summed E-state index contributed by atoms with van der Waals surface area (Å²) in [5.74, 6) is -1.25. The molecular weight excluding hydrogens is 260 g/mol. The number of nitrogens with zero attached hydrogens (tertiary/aromatic N) is 1. The minimum Gasteiger partial charge on any atom is -0.469 e. The lowest BCUT2D eigenvalue weighted by Gasteiger charge is -2.15. The first kappa shape index (κ1) is 16.9. The number of amides is 1. The van der Waals surface area contributed by atoms with Gasteiger partial charge in [0.25, 0.3) is 0 Å². The number of methoxy groups -OCH3 is 1. The maximum Gasteiger partial charge on any atom is 0.306 e. The smallest absolute Gasteiger partial charge is 0.306 e. The van der Waals surface area contributed by atoms with E-state index in [0.717, 1.165) is 0 Å². The SMILES string of the molecule is COC(=O)CCN(C)CCS(=O)(=O)CCC(N)=O. The topological polar surface area (TPSA) is 107 Å². The third kappa shape index (κ3) is 8.94. The molecule has 0 aliphatic rings. The second kappa shape index (κ2) is 8.04. The second-order valence-electron chi connectivity index (χ2n) is 4.00. The lowest BCUT2D eigenvalue weighted by atomic mass is 10.4. The zero-order valence-corrected chi connectivity index (χ0v) is 11.5. The molecule has 0 aromatic heterocycles. The van der Waals surface area contributed by atoms with Crippen LogP contribution in [0.15, 0.2) is 0 Å². The minimum atomic E-state index is -3.27. The van der Waals surface area contributed by atoms with Gasteiger partial charge in [0.15, 0.2) is 9.84 Å². The third-order valence-corrected chi connectivity index (χ3v) is 4.00. The highest BCUT2D eigenvalue weighted by atomic mass is 32.2. The lowest BCUT2D eigenvalue weighted by molar-refractivity contribution is -0.140. The maximum atomic E-state index is 11.5. The minimum absolute atomic E-state index is 0.0576. The van der Waals surface area contributed by atoms with Crippen LogP contribution in [-0.2, 0) is 24.2 Å². The highest BCUT2D eigenvalue weighted by molar-refractivity contribution is 7.91. The van der Waals surface area contributed by atoms with Crippen LogP contribution in [0.4, 0.5) is 0 Å². The monoisotopic (exact) mass is 280 g/mol. The number of carbonyl (C=O) groups excluding carboxylic acids is 2. The average Bonchev–Trinajstić information content (AvgIpc) is 2.31. The molecule has 7 nitrogen and oxygen atoms in total. The van der Waals surface area contributed by atoms with Crippen molar-refractivity contribution in [2.45, 2.75) is 12.8 Å². The Kier molecular flexibility index (Phi) is 7.53. The van der Waals surface area contributed by atoms with Gasteiger partial charge in [-0.1, -0.05) is 0 Å². The summed E-state index contributed by atoms with van der Waals surface area (Å²) in [7, 11) is -0.257. The van der Waals surface area contributed by atoms with Crippen molar-refractivity contribution in [2.75, 3.05) is 38.8 Å². The van der Waals surface area contributed by atoms with Crippen LogP contribution in [0.5, 0.6) is 0 Å². The number of nitrogens with two attached hydrogens (primary N) is 1. The van der Waals surface area contributed by atoms with E-state index in [9.17, 15) is 18.0 Å². The van der Waals surface area contributed by atoms with E-state index in [4.69, 9.17) is 5.73 Å². The number of ether oxygens (including phenoxy) is 1. The summed E-state index contributed by atoms with van der Waals surface area (Å²) in [6.45, 7) is 0.732. The van der Waals surface area contributed by atoms with Gasteiger partial charge in [0, 0.05) is 19.5 Å². The first-order chi connectivity index (χ1) is 8.26. The van der Waals surface area contributed by atoms with Crippen molar-refractivity contribution in [3.63, 3.8) is 0 Å². The van der Waals surface area contributed by atoms with Crippen molar-refractivity contribution in [1.29, 1.82) is 0 Å². The van der Waals surface area contributed by atoms with Gasteiger partial charge in [0.2, 0.25) is 5.91 Å². The van der Waals surface area contributed by atoms with E-state index >= 15 is 0 Å². The summed E-state index contributed by atoms with van der Waals surface area (Å²) in [6, 6.07) is 0. The Bertz CT molecular complexity index is 380. The molecule has 0 heterocycles. The molecule has 0 saturated heterocycles. The van der Waals surface area contributed by atoms with Crippen LogP contribution in [0, 0.1) is 0 Å². The highest BCUT2D eigenvalue weighted by Crippen LogP contribution is 1.97. The normalized spacial score (nSPS) is 11.5. The predicted molar refractivity (Wildman–Crippen MR) is 66.6 cm³/mol. The zero-order chi connectivity index (χ0) is 14.2. The van der Waals surface area contributed by atoms with E-state index < -0.39 is 15.7 Å². The highest BCUT2D eigenvalue weighted by Gasteiger charge is 2.14. The van der Waals surface area contributed by atoms with Crippen LogP contribution in [0.3, 0.4) is 0 Å². The number of esters is 1. The fraction of sp³-hybridized carbons (Fsp3) is 0.800. The summed E-state index contributed by atoms with van der Waals surface area (Å²) in [5.41, 5.74) is 4.89. The van der Waals surface area contributed by atoms with Crippen LogP contribution >= 0.6 is 0 Å². The van der Waals surface area contributed by atoms with Crippen LogP contribution in [0.25, 0.3) is 0 Å². The first-order valence-corrected chi connectivity index (χ1v) is 7.33. The molecule has 0 aromatic rings. The molecule has 0 aliphatic carbocycles. The standard InChI is InChI=1S/C10H20N2O5S/c1-12(5-3-10(14)17-2)6-8-18(15,16)7-4-9(11)13/h3-8H2,1-2H3,(H2,11,13). The summed E-state index contributed by atoms with van der Waals surface area (Å²) >= 11 is 0. The molecule has 0 radical (unpaired) electrons. The molecule has 1 amide bonds. The number of sulfone groups is 1. The summed E-state index contributed by atoms with van der Waals surface area (Å²) < 4.78 is 27.5. The van der Waals surface area contributed by atoms with Crippen LogP contribution < -0.4 is 5.73 Å². The molecule has 8 heteroatoms. The molecule has 0 aromatic carbocycles. The zero-order valence-electron chi connectivity index (χ0n) is 10.7. The molecule has 0 spiro atoms. The molecular formula is C10H20N2O5S. The molecule has 0 atom stereocenters. The number of rotatable bonds is 9. The molecule has 0 bridgehead atoms. The van der Waals surface area contributed by atoms with Gasteiger partial charge in [0.05, 0.1) is 25.0 Å². The maximum absolute atomic E-state index is 11.5. The summed E-state index contributed by atoms with van der Waals surface area (Å²) in [6.07, 6.45) is 0.0581. The van der Waals surface area contributed by atoms with E-state index in [1.807, 2.05) is 0 Å². The number of hydrogen-bond donors (Lipinski definition) is 1. The van der Waals surface area contributed by atoms with Crippen LogP contribution in [0.1, 0.15) is 12.8 Å². The molecule has 18 heavy (non-hydrogen) atoms. The first-order valence-electron chi connectivity index (χ1n) is 5.51. The Labute approximate surface area is 107 Å². The molecule has 0 fully saturated rings. The Morgan fingerprint density at radius 1 is 1.17 bits per heavy atom. The fourth-order valence-corrected chi connectivity index (χ4v) is 2.46. The third-order valence-electron chi connectivity index (χ3n) is 2.37. The Hall–Kier alpha value is -1.15. The van der Waals surface area contributed by atoms with Crippen LogP contribution in [-0.4, -0.2) is 63.9 Å². The number of carbonyl (C=O) groups is 2. The van der Waals surface area contributed by atoms with Crippen molar-refractivity contribution < 1.29 is 22.7 Å². The van der Waals surface area contributed by atoms with Gasteiger partial charge < -0.3 is 15.4 Å². The number of primary amides is 1. The van der Waals surface area contributed by atoms with Gasteiger partial charge in [0.1, 0.15) is 0 Å². The van der Waals surface area contributed by atoms with Crippen molar-refractivity contribution in [3.8, 4) is 0 Å². The quantitative estimate of drug-likeness (QED) is 0.530. The van der Waals surface area contributed by atoms with Crippen LogP contribution in [0.2, 0.25) is 0 Å². The van der Waals surface area contributed by atoms with E-state index in [1.54, 1.807) is 11.9 Å². The van der Waals surface area contributed by atoms with Crippen molar-refractivity contribution in [2.24, 2.45) is 5.73 Å². The van der Waals surface area contributed by atoms with E-state index in [1.165, 1.54) is 7.11 Å². The second-order valence-corrected chi connectivity index (χ2v) is 6.30. The largest absolute Gasteiger partial charge is 0.469 e. The van der Waals surface area contributed by atoms with Gasteiger partial charge in [-0.3, -0.25) is 9.59 Å². The average molecular weight is 280 g/mol. The Morgan fingerprint density at radius 2 is 1.78 bits per heavy atom. The molecule has 0 rings (SSSR count). The number of hydrogen-bond acceptors (Lipinski definition) is 6. The molecule has 106 valence electrons. The van der Waals surface area contributed by atoms with Gasteiger partial charge in [-0.15, -0.1) is 0 Å². The Balaban J connectivity index is 3.93. The fourth-order valence-electron chi connectivity index (χ4n) is 1.15. The molecule has 0 aliphatic heterocycles. The molecule has 0 unspecified atom stereocenters. The predicted octanol–water partition coefficient (Wildman–Crippen LogP) is -1.23. The van der Waals surface area contributed by atoms with Gasteiger partial charge in [-0.2, -0.15) is 0 Å². The van der Waals surface area contributed by atoms with Gasteiger partial charge in [-0.05, 0) is 7.05 Å². The summed E-state index contributed by atoms with van der Waals surface area (Å²) in [4.78, 5) is 23.1. The summed E-state index contributed by atoms with van der Waals surface area (Å²) in [5, 5.41) is 0. The van der Waals surface area contributed by atoms with Crippen molar-refractivity contribution in [1.82, 2.24) is 4.90 Å². The lowest BCUT2D eigenvalue weighted by Crippen LogP contribution is -2.29.